The minimum Gasteiger partial charge on any atom is -0.478 e. The van der Waals surface area contributed by atoms with Crippen LogP contribution in [0.4, 0.5) is 4.79 Å². The normalized spacial score (nSPS) is 18.8. The zero-order valence-corrected chi connectivity index (χ0v) is 12.2. The first-order chi connectivity index (χ1) is 9.97. The van der Waals surface area contributed by atoms with Crippen LogP contribution in [-0.4, -0.2) is 35.1 Å². The first-order valence-electron chi connectivity index (χ1n) is 7.35. The van der Waals surface area contributed by atoms with Gasteiger partial charge in [0.25, 0.3) is 0 Å². The highest BCUT2D eigenvalue weighted by Gasteiger charge is 2.37. The average molecular weight is 288 g/mol. The maximum atomic E-state index is 12.2. The lowest BCUT2D eigenvalue weighted by Crippen LogP contribution is -2.44. The molecule has 5 heteroatoms. The predicted octanol–water partition coefficient (Wildman–Crippen LogP) is 2.25. The fraction of sp³-hybridized carbons (Fsp3) is 0.500. The molecule has 0 unspecified atom stereocenters. The monoisotopic (exact) mass is 288 g/mol. The van der Waals surface area contributed by atoms with E-state index in [-0.39, 0.29) is 11.6 Å². The summed E-state index contributed by atoms with van der Waals surface area (Å²) in [5.74, 6) is -0.930. The molecule has 2 aliphatic rings. The number of rotatable bonds is 3. The van der Waals surface area contributed by atoms with E-state index in [0.717, 1.165) is 24.1 Å². The lowest BCUT2D eigenvalue weighted by atomic mass is 9.97. The Labute approximate surface area is 123 Å². The Kier molecular flexibility index (Phi) is 3.35. The Balaban J connectivity index is 1.66. The Morgan fingerprint density at radius 1 is 1.33 bits per heavy atom. The molecule has 3 rings (SSSR count). The Hall–Kier alpha value is -2.04. The SMILES string of the molecule is CC1(CNC(=O)N2CCc3ccc(C(=O)O)cc3C2)CC1. The summed E-state index contributed by atoms with van der Waals surface area (Å²) in [6.45, 7) is 4.07. The molecule has 1 aliphatic carbocycles. The number of fused-ring (bicyclic) bond motifs is 1. The van der Waals surface area contributed by atoms with Crippen molar-refractivity contribution in [3.05, 3.63) is 34.9 Å². The van der Waals surface area contributed by atoms with Crippen LogP contribution in [0.5, 0.6) is 0 Å². The zero-order chi connectivity index (χ0) is 15.0. The van der Waals surface area contributed by atoms with Crippen molar-refractivity contribution in [2.24, 2.45) is 5.41 Å². The molecule has 5 nitrogen and oxygen atoms in total. The van der Waals surface area contributed by atoms with E-state index in [0.29, 0.717) is 18.5 Å². The number of carbonyl (C=O) groups excluding carboxylic acids is 1. The summed E-state index contributed by atoms with van der Waals surface area (Å²) in [7, 11) is 0. The van der Waals surface area contributed by atoms with Crippen LogP contribution in [0.2, 0.25) is 0 Å². The molecule has 1 aliphatic heterocycles. The predicted molar refractivity (Wildman–Crippen MR) is 78.3 cm³/mol. The van der Waals surface area contributed by atoms with Crippen molar-refractivity contribution < 1.29 is 14.7 Å². The highest BCUT2D eigenvalue weighted by Crippen LogP contribution is 2.44. The van der Waals surface area contributed by atoms with E-state index in [1.807, 2.05) is 6.07 Å². The molecule has 1 aromatic rings. The molecule has 1 heterocycles. The minimum absolute atomic E-state index is 0.0468. The molecular weight excluding hydrogens is 268 g/mol. The van der Waals surface area contributed by atoms with Crippen molar-refractivity contribution in [2.75, 3.05) is 13.1 Å². The van der Waals surface area contributed by atoms with Crippen molar-refractivity contribution in [2.45, 2.75) is 32.7 Å². The molecule has 0 spiro atoms. The maximum Gasteiger partial charge on any atom is 0.335 e. The summed E-state index contributed by atoms with van der Waals surface area (Å²) in [5, 5.41) is 12.0. The van der Waals surface area contributed by atoms with Crippen LogP contribution >= 0.6 is 0 Å². The number of carboxylic acids is 1. The number of carboxylic acid groups (broad SMARTS) is 1. The van der Waals surface area contributed by atoms with Crippen LogP contribution in [0.15, 0.2) is 18.2 Å². The number of nitrogens with one attached hydrogen (secondary N) is 1. The first kappa shape index (κ1) is 13.9. The third-order valence-corrected chi connectivity index (χ3v) is 4.52. The van der Waals surface area contributed by atoms with Gasteiger partial charge in [-0.25, -0.2) is 9.59 Å². The number of amides is 2. The van der Waals surface area contributed by atoms with Gasteiger partial charge in [-0.15, -0.1) is 0 Å². The van der Waals surface area contributed by atoms with E-state index in [1.165, 1.54) is 12.8 Å². The molecule has 2 N–H and O–H groups in total. The van der Waals surface area contributed by atoms with Crippen LogP contribution < -0.4 is 5.32 Å². The fourth-order valence-corrected chi connectivity index (χ4v) is 2.65. The number of aromatic carboxylic acids is 1. The van der Waals surface area contributed by atoms with Crippen molar-refractivity contribution in [1.29, 1.82) is 0 Å². The van der Waals surface area contributed by atoms with E-state index >= 15 is 0 Å². The number of carbonyl (C=O) groups is 2. The third kappa shape index (κ3) is 3.01. The number of urea groups is 1. The summed E-state index contributed by atoms with van der Waals surface area (Å²) in [6, 6.07) is 5.12. The quantitative estimate of drug-likeness (QED) is 0.896. The molecule has 21 heavy (non-hydrogen) atoms. The molecule has 0 aromatic heterocycles. The van der Waals surface area contributed by atoms with Gasteiger partial charge in [-0.1, -0.05) is 13.0 Å². The smallest absolute Gasteiger partial charge is 0.335 e. The lowest BCUT2D eigenvalue weighted by Gasteiger charge is -2.29. The second kappa shape index (κ2) is 5.06. The van der Waals surface area contributed by atoms with Crippen LogP contribution in [-0.2, 0) is 13.0 Å². The molecule has 1 aromatic carbocycles. The summed E-state index contributed by atoms with van der Waals surface area (Å²) >= 11 is 0. The largest absolute Gasteiger partial charge is 0.478 e. The van der Waals surface area contributed by atoms with Gasteiger partial charge < -0.3 is 15.3 Å². The van der Waals surface area contributed by atoms with E-state index in [9.17, 15) is 9.59 Å². The first-order valence-corrected chi connectivity index (χ1v) is 7.35. The van der Waals surface area contributed by atoms with Gasteiger partial charge in [0, 0.05) is 19.6 Å². The van der Waals surface area contributed by atoms with Gasteiger partial charge in [-0.05, 0) is 47.9 Å². The van der Waals surface area contributed by atoms with Gasteiger partial charge in [0.15, 0.2) is 0 Å². The van der Waals surface area contributed by atoms with Gasteiger partial charge in [0.05, 0.1) is 5.56 Å². The van der Waals surface area contributed by atoms with E-state index < -0.39 is 5.97 Å². The van der Waals surface area contributed by atoms with E-state index in [2.05, 4.69) is 12.2 Å². The molecule has 112 valence electrons. The van der Waals surface area contributed by atoms with Gasteiger partial charge in [-0.2, -0.15) is 0 Å². The van der Waals surface area contributed by atoms with Gasteiger partial charge in [0.2, 0.25) is 0 Å². The molecule has 1 fully saturated rings. The fourth-order valence-electron chi connectivity index (χ4n) is 2.65. The minimum atomic E-state index is -0.930. The van der Waals surface area contributed by atoms with E-state index in [4.69, 9.17) is 5.11 Å². The van der Waals surface area contributed by atoms with Crippen molar-refractivity contribution in [3.63, 3.8) is 0 Å². The summed E-state index contributed by atoms with van der Waals surface area (Å²) in [5.41, 5.74) is 2.65. The van der Waals surface area contributed by atoms with Gasteiger partial charge >= 0.3 is 12.0 Å². The van der Waals surface area contributed by atoms with Crippen molar-refractivity contribution >= 4 is 12.0 Å². The maximum absolute atomic E-state index is 12.2. The molecular formula is C16H20N2O3. The second-order valence-electron chi connectivity index (χ2n) is 6.43. The van der Waals surface area contributed by atoms with Gasteiger partial charge in [0.1, 0.15) is 0 Å². The van der Waals surface area contributed by atoms with Crippen LogP contribution in [0.25, 0.3) is 0 Å². The second-order valence-corrected chi connectivity index (χ2v) is 6.43. The topological polar surface area (TPSA) is 69.6 Å². The Morgan fingerprint density at radius 3 is 2.76 bits per heavy atom. The molecule has 1 saturated carbocycles. The standard InChI is InChI=1S/C16H20N2O3/c1-16(5-6-16)10-17-15(21)18-7-4-11-2-3-12(14(19)20)8-13(11)9-18/h2-3,8H,4-7,9-10H2,1H3,(H,17,21)(H,19,20). The summed E-state index contributed by atoms with van der Waals surface area (Å²) < 4.78 is 0. The summed E-state index contributed by atoms with van der Waals surface area (Å²) in [6.07, 6.45) is 3.14. The van der Waals surface area contributed by atoms with E-state index in [1.54, 1.807) is 17.0 Å². The summed E-state index contributed by atoms with van der Waals surface area (Å²) in [4.78, 5) is 25.0. The zero-order valence-electron chi connectivity index (χ0n) is 12.2. The molecule has 2 amide bonds. The van der Waals surface area contributed by atoms with Crippen molar-refractivity contribution in [1.82, 2.24) is 10.2 Å². The lowest BCUT2D eigenvalue weighted by molar-refractivity contribution is 0.0696. The number of nitrogens with zero attached hydrogens (tertiary/aromatic N) is 1. The van der Waals surface area contributed by atoms with Crippen LogP contribution in [0, 0.1) is 5.41 Å². The average Bonchev–Trinajstić information content (AvgIpc) is 3.21. The highest BCUT2D eigenvalue weighted by molar-refractivity contribution is 5.88. The Bertz CT molecular complexity index is 593. The number of benzene rings is 1. The molecule has 0 radical (unpaired) electrons. The van der Waals surface area contributed by atoms with Crippen LogP contribution in [0.1, 0.15) is 41.3 Å². The third-order valence-electron chi connectivity index (χ3n) is 4.52. The van der Waals surface area contributed by atoms with Crippen molar-refractivity contribution in [3.8, 4) is 0 Å². The number of hydrogen-bond donors (Lipinski definition) is 2. The molecule has 0 saturated heterocycles. The van der Waals surface area contributed by atoms with Gasteiger partial charge in [-0.3, -0.25) is 0 Å². The highest BCUT2D eigenvalue weighted by atomic mass is 16.4. The number of hydrogen-bond acceptors (Lipinski definition) is 2. The molecule has 0 bridgehead atoms. The molecule has 0 atom stereocenters. The van der Waals surface area contributed by atoms with Crippen LogP contribution in [0.3, 0.4) is 0 Å². The Morgan fingerprint density at radius 2 is 2.10 bits per heavy atom.